The van der Waals surface area contributed by atoms with Crippen molar-refractivity contribution in [3.05, 3.63) is 58.9 Å². The molecule has 0 unspecified atom stereocenters. The Kier molecular flexibility index (Phi) is 7.25. The highest BCUT2D eigenvalue weighted by molar-refractivity contribution is 6.33. The van der Waals surface area contributed by atoms with Crippen molar-refractivity contribution in [2.75, 3.05) is 24.6 Å². The third-order valence-corrected chi connectivity index (χ3v) is 5.76. The van der Waals surface area contributed by atoms with Crippen molar-refractivity contribution < 1.29 is 13.9 Å². The number of benzene rings is 1. The van der Waals surface area contributed by atoms with Crippen LogP contribution in [0.4, 0.5) is 10.1 Å². The summed E-state index contributed by atoms with van der Waals surface area (Å²) in [5.41, 5.74) is 0.992. The number of carbonyl (C=O) groups excluding carboxylic acids is 1. The molecule has 0 saturated carbocycles. The van der Waals surface area contributed by atoms with Crippen molar-refractivity contribution >= 4 is 23.1 Å². The van der Waals surface area contributed by atoms with E-state index >= 15 is 4.39 Å². The molecule has 0 N–H and O–H groups in total. The van der Waals surface area contributed by atoms with Crippen molar-refractivity contribution in [1.82, 2.24) is 4.98 Å². The van der Waals surface area contributed by atoms with Crippen LogP contribution in [0.25, 0.3) is 0 Å². The topological polar surface area (TPSA) is 42.4 Å². The zero-order valence-corrected chi connectivity index (χ0v) is 17.8. The second kappa shape index (κ2) is 9.68. The van der Waals surface area contributed by atoms with E-state index in [1.165, 1.54) is 0 Å². The smallest absolute Gasteiger partial charge is 0.158 e. The van der Waals surface area contributed by atoms with Gasteiger partial charge in [-0.3, -0.25) is 9.78 Å². The number of aryl methyl sites for hydroxylation is 1. The maximum absolute atomic E-state index is 15.4. The minimum Gasteiger partial charge on any atom is -0.371 e. The number of hydrogen-bond acceptors (Lipinski definition) is 4. The Balaban J connectivity index is 1.62. The van der Waals surface area contributed by atoms with Crippen molar-refractivity contribution in [3.63, 3.8) is 0 Å². The fraction of sp³-hybridized carbons (Fsp3) is 0.478. The molecule has 0 aliphatic carbocycles. The maximum atomic E-state index is 15.4. The Morgan fingerprint density at radius 1 is 1.24 bits per heavy atom. The first kappa shape index (κ1) is 21.7. The number of hydrogen-bond donors (Lipinski definition) is 0. The Morgan fingerprint density at radius 3 is 2.59 bits per heavy atom. The lowest BCUT2D eigenvalue weighted by molar-refractivity contribution is -0.124. The predicted molar refractivity (Wildman–Crippen MR) is 114 cm³/mol. The third-order valence-electron chi connectivity index (χ3n) is 5.35. The highest BCUT2D eigenvalue weighted by Gasteiger charge is 2.36. The highest BCUT2D eigenvalue weighted by atomic mass is 35.5. The van der Waals surface area contributed by atoms with E-state index in [2.05, 4.69) is 9.88 Å². The van der Waals surface area contributed by atoms with Gasteiger partial charge in [0.05, 0.1) is 22.5 Å². The van der Waals surface area contributed by atoms with Gasteiger partial charge in [0.2, 0.25) is 0 Å². The first-order valence-electron chi connectivity index (χ1n) is 10.1. The second-order valence-corrected chi connectivity index (χ2v) is 8.19. The summed E-state index contributed by atoms with van der Waals surface area (Å²) in [6.45, 7) is 5.07. The second-order valence-electron chi connectivity index (χ2n) is 7.81. The predicted octanol–water partition coefficient (Wildman–Crippen LogP) is 5.13. The van der Waals surface area contributed by atoms with Crippen molar-refractivity contribution in [1.29, 1.82) is 0 Å². The minimum atomic E-state index is -1.30. The number of ketones is 1. The standard InChI is InChI=1S/C23H28ClFN2O2/c1-17(2)29-16-19(28)8-9-20-22(24)21(10-13-26-20)27-14-11-23(25,12-15-27)18-6-4-3-5-7-18/h3-7,10,13,17H,8-9,11-12,14-16H2,1-2H3. The Morgan fingerprint density at radius 2 is 1.93 bits per heavy atom. The zero-order chi connectivity index (χ0) is 20.9. The summed E-state index contributed by atoms with van der Waals surface area (Å²) in [6, 6.07) is 11.2. The molecule has 0 radical (unpaired) electrons. The van der Waals surface area contributed by atoms with Gasteiger partial charge in [0.25, 0.3) is 0 Å². The van der Waals surface area contributed by atoms with E-state index in [-0.39, 0.29) is 18.5 Å². The molecule has 0 bridgehead atoms. The van der Waals surface area contributed by atoms with Crippen LogP contribution in [-0.2, 0) is 21.6 Å². The lowest BCUT2D eigenvalue weighted by Gasteiger charge is -2.38. The summed E-state index contributed by atoms with van der Waals surface area (Å²) in [5.74, 6) is 0.0324. The number of alkyl halides is 1. The number of anilines is 1. The Bertz CT molecular complexity index is 821. The van der Waals surface area contributed by atoms with E-state index in [9.17, 15) is 4.79 Å². The SMILES string of the molecule is CC(C)OCC(=O)CCc1nccc(N2CCC(F)(c3ccccc3)CC2)c1Cl. The lowest BCUT2D eigenvalue weighted by atomic mass is 9.86. The fourth-order valence-electron chi connectivity index (χ4n) is 3.61. The van der Waals surface area contributed by atoms with Gasteiger partial charge in [-0.2, -0.15) is 0 Å². The zero-order valence-electron chi connectivity index (χ0n) is 17.0. The minimum absolute atomic E-state index is 0.0293. The van der Waals surface area contributed by atoms with Gasteiger partial charge < -0.3 is 9.64 Å². The molecule has 1 saturated heterocycles. The molecule has 156 valence electrons. The molecule has 2 aromatic rings. The van der Waals surface area contributed by atoms with E-state index in [0.717, 1.165) is 11.3 Å². The van der Waals surface area contributed by atoms with Crippen molar-refractivity contribution in [2.24, 2.45) is 0 Å². The van der Waals surface area contributed by atoms with Crippen LogP contribution in [0.2, 0.25) is 5.02 Å². The monoisotopic (exact) mass is 418 g/mol. The number of ether oxygens (including phenoxy) is 1. The van der Waals surface area contributed by atoms with Gasteiger partial charge >= 0.3 is 0 Å². The van der Waals surface area contributed by atoms with Crippen LogP contribution in [0, 0.1) is 0 Å². The van der Waals surface area contributed by atoms with Crippen LogP contribution in [-0.4, -0.2) is 36.6 Å². The van der Waals surface area contributed by atoms with Crippen LogP contribution >= 0.6 is 11.6 Å². The molecule has 6 heteroatoms. The van der Waals surface area contributed by atoms with Crippen molar-refractivity contribution in [3.8, 4) is 0 Å². The maximum Gasteiger partial charge on any atom is 0.158 e. The van der Waals surface area contributed by atoms with E-state index in [1.54, 1.807) is 6.20 Å². The fourth-order valence-corrected chi connectivity index (χ4v) is 3.94. The number of halogens is 2. The quantitative estimate of drug-likeness (QED) is 0.596. The van der Waals surface area contributed by atoms with E-state index in [0.29, 0.717) is 49.5 Å². The van der Waals surface area contributed by atoms with Gasteiger partial charge in [-0.1, -0.05) is 41.9 Å². The van der Waals surface area contributed by atoms with Gasteiger partial charge in [0, 0.05) is 38.5 Å². The summed E-state index contributed by atoms with van der Waals surface area (Å²) < 4.78 is 20.7. The molecule has 1 fully saturated rings. The number of carbonyl (C=O) groups is 1. The number of rotatable bonds is 8. The molecular formula is C23H28ClFN2O2. The lowest BCUT2D eigenvalue weighted by Crippen LogP contribution is -2.40. The molecule has 0 spiro atoms. The van der Waals surface area contributed by atoms with Crippen LogP contribution in [0.1, 0.15) is 44.4 Å². The van der Waals surface area contributed by atoms with Crippen LogP contribution in [0.15, 0.2) is 42.6 Å². The third kappa shape index (κ3) is 5.55. The summed E-state index contributed by atoms with van der Waals surface area (Å²) in [7, 11) is 0. The largest absolute Gasteiger partial charge is 0.371 e. The summed E-state index contributed by atoms with van der Waals surface area (Å²) >= 11 is 6.60. The van der Waals surface area contributed by atoms with Gasteiger partial charge in [0.15, 0.2) is 5.78 Å². The average Bonchev–Trinajstić information content (AvgIpc) is 2.73. The van der Waals surface area contributed by atoms with E-state index < -0.39 is 5.67 Å². The van der Waals surface area contributed by atoms with Crippen LogP contribution < -0.4 is 4.90 Å². The molecule has 3 rings (SSSR count). The molecule has 0 amide bonds. The number of aromatic nitrogens is 1. The molecular weight excluding hydrogens is 391 g/mol. The van der Waals surface area contributed by atoms with Gasteiger partial charge in [-0.15, -0.1) is 0 Å². The molecule has 1 aromatic carbocycles. The highest BCUT2D eigenvalue weighted by Crippen LogP contribution is 2.39. The summed E-state index contributed by atoms with van der Waals surface area (Å²) in [5, 5.41) is 0.552. The Hall–Kier alpha value is -1.98. The normalized spacial score (nSPS) is 16.2. The molecule has 29 heavy (non-hydrogen) atoms. The Labute approximate surface area is 177 Å². The van der Waals surface area contributed by atoms with E-state index in [1.807, 2.05) is 50.2 Å². The average molecular weight is 419 g/mol. The summed E-state index contributed by atoms with van der Waals surface area (Å²) in [6.07, 6.45) is 3.37. The van der Waals surface area contributed by atoms with Gasteiger partial charge in [-0.25, -0.2) is 4.39 Å². The first-order chi connectivity index (χ1) is 13.9. The van der Waals surface area contributed by atoms with Crippen LogP contribution in [0.5, 0.6) is 0 Å². The van der Waals surface area contributed by atoms with Crippen molar-refractivity contribution in [2.45, 2.75) is 51.3 Å². The molecule has 1 aromatic heterocycles. The summed E-state index contributed by atoms with van der Waals surface area (Å²) in [4.78, 5) is 18.4. The number of piperidine rings is 1. The number of pyridine rings is 1. The molecule has 2 heterocycles. The molecule has 1 aliphatic heterocycles. The molecule has 0 atom stereocenters. The van der Waals surface area contributed by atoms with Crippen LogP contribution in [0.3, 0.4) is 0 Å². The first-order valence-corrected chi connectivity index (χ1v) is 10.5. The number of nitrogens with zero attached hydrogens (tertiary/aromatic N) is 2. The molecule has 4 nitrogen and oxygen atoms in total. The number of Topliss-reactive ketones (excluding diaryl/α,β-unsaturated/α-hetero) is 1. The van der Waals surface area contributed by atoms with Gasteiger partial charge in [-0.05, 0) is 31.9 Å². The molecule has 1 aliphatic rings. The van der Waals surface area contributed by atoms with Gasteiger partial charge in [0.1, 0.15) is 12.3 Å². The van der Waals surface area contributed by atoms with E-state index in [4.69, 9.17) is 16.3 Å².